The maximum Gasteiger partial charge on any atom is 0.256 e. The molecule has 19 heavy (non-hydrogen) atoms. The number of nitrogens with one attached hydrogen (secondary N) is 1. The van der Waals surface area contributed by atoms with Crippen molar-refractivity contribution in [1.82, 2.24) is 9.88 Å². The molecular formula is C15H23N3O. The van der Waals surface area contributed by atoms with Crippen LogP contribution in [-0.4, -0.2) is 35.9 Å². The number of likely N-dealkylation sites (tertiary alicyclic amines) is 1. The van der Waals surface area contributed by atoms with Gasteiger partial charge in [0.1, 0.15) is 0 Å². The van der Waals surface area contributed by atoms with Crippen molar-refractivity contribution in [2.45, 2.75) is 32.6 Å². The average Bonchev–Trinajstić information content (AvgIpc) is 2.71. The van der Waals surface area contributed by atoms with E-state index in [0.29, 0.717) is 0 Å². The Morgan fingerprint density at radius 3 is 3.05 bits per heavy atom. The van der Waals surface area contributed by atoms with Crippen LogP contribution in [-0.2, 0) is 0 Å². The molecule has 1 atom stereocenters. The number of nitrogens with zero attached hydrogens (tertiary/aromatic N) is 2. The molecule has 4 nitrogen and oxygen atoms in total. The molecular weight excluding hydrogens is 238 g/mol. The molecule has 1 saturated heterocycles. The van der Waals surface area contributed by atoms with E-state index in [1.54, 1.807) is 18.5 Å². The molecule has 0 aliphatic carbocycles. The Bertz CT molecular complexity index is 433. The minimum absolute atomic E-state index is 0.128. The fourth-order valence-corrected chi connectivity index (χ4v) is 2.73. The molecule has 4 heteroatoms. The Kier molecular flexibility index (Phi) is 4.77. The lowest BCUT2D eigenvalue weighted by Crippen LogP contribution is -2.32. The van der Waals surface area contributed by atoms with Gasteiger partial charge in [0.05, 0.1) is 17.4 Å². The largest absolute Gasteiger partial charge is 0.386 e. The first-order valence-corrected chi connectivity index (χ1v) is 7.17. The third-order valence-electron chi connectivity index (χ3n) is 4.03. The molecule has 2 rings (SSSR count). The molecule has 0 bridgehead atoms. The Labute approximate surface area is 115 Å². The normalized spacial score (nSPS) is 19.9. The van der Waals surface area contributed by atoms with Crippen LogP contribution >= 0.6 is 0 Å². The summed E-state index contributed by atoms with van der Waals surface area (Å²) in [5.41, 5.74) is 1.54. The quantitative estimate of drug-likeness (QED) is 0.910. The van der Waals surface area contributed by atoms with E-state index < -0.39 is 0 Å². The number of rotatable bonds is 3. The molecule has 104 valence electrons. The third kappa shape index (κ3) is 3.25. The molecule has 1 amide bonds. The van der Waals surface area contributed by atoms with Crippen molar-refractivity contribution in [2.24, 2.45) is 5.92 Å². The molecule has 1 unspecified atom stereocenters. The van der Waals surface area contributed by atoms with Gasteiger partial charge < -0.3 is 10.2 Å². The van der Waals surface area contributed by atoms with Crippen molar-refractivity contribution < 1.29 is 4.79 Å². The standard InChI is InChI=1S/C15H23N3O/c1-3-12-5-4-9-18(10-7-12)15(19)13-6-8-17-11-14(13)16-2/h6,8,11-12,16H,3-5,7,9-10H2,1-2H3. The van der Waals surface area contributed by atoms with Gasteiger partial charge in [-0.1, -0.05) is 13.3 Å². The summed E-state index contributed by atoms with van der Waals surface area (Å²) < 4.78 is 0. The first-order valence-electron chi connectivity index (χ1n) is 7.17. The van der Waals surface area contributed by atoms with Gasteiger partial charge in [-0.2, -0.15) is 0 Å². The highest BCUT2D eigenvalue weighted by Crippen LogP contribution is 2.23. The van der Waals surface area contributed by atoms with Crippen LogP contribution < -0.4 is 5.32 Å². The molecule has 1 N–H and O–H groups in total. The van der Waals surface area contributed by atoms with Crippen LogP contribution in [0, 0.1) is 5.92 Å². The van der Waals surface area contributed by atoms with Crippen molar-refractivity contribution in [3.63, 3.8) is 0 Å². The van der Waals surface area contributed by atoms with Gasteiger partial charge >= 0.3 is 0 Å². The lowest BCUT2D eigenvalue weighted by atomic mass is 9.98. The fraction of sp³-hybridized carbons (Fsp3) is 0.600. The lowest BCUT2D eigenvalue weighted by molar-refractivity contribution is 0.0761. The van der Waals surface area contributed by atoms with Crippen molar-refractivity contribution >= 4 is 11.6 Å². The molecule has 1 aliphatic rings. The number of amides is 1. The van der Waals surface area contributed by atoms with Crippen molar-refractivity contribution in [3.8, 4) is 0 Å². The highest BCUT2D eigenvalue weighted by Gasteiger charge is 2.22. The van der Waals surface area contributed by atoms with Gasteiger partial charge in [-0.05, 0) is 31.2 Å². The van der Waals surface area contributed by atoms with Crippen LogP contribution in [0.3, 0.4) is 0 Å². The maximum atomic E-state index is 12.6. The Balaban J connectivity index is 2.10. The zero-order valence-electron chi connectivity index (χ0n) is 11.9. The minimum Gasteiger partial charge on any atom is -0.386 e. The second-order valence-corrected chi connectivity index (χ2v) is 5.17. The third-order valence-corrected chi connectivity index (χ3v) is 4.03. The number of pyridine rings is 1. The van der Waals surface area contributed by atoms with E-state index in [0.717, 1.165) is 43.1 Å². The molecule has 1 aromatic rings. The average molecular weight is 261 g/mol. The molecule has 1 fully saturated rings. The number of hydrogen-bond acceptors (Lipinski definition) is 3. The van der Waals surface area contributed by atoms with Crippen LogP contribution in [0.15, 0.2) is 18.5 Å². The lowest BCUT2D eigenvalue weighted by Gasteiger charge is -2.21. The fourth-order valence-electron chi connectivity index (χ4n) is 2.73. The van der Waals surface area contributed by atoms with Gasteiger partial charge in [-0.3, -0.25) is 9.78 Å². The van der Waals surface area contributed by atoms with Crippen molar-refractivity contribution in [1.29, 1.82) is 0 Å². The molecule has 0 radical (unpaired) electrons. The van der Waals surface area contributed by atoms with Crippen molar-refractivity contribution in [2.75, 3.05) is 25.5 Å². The van der Waals surface area contributed by atoms with Crippen LogP contribution in [0.4, 0.5) is 5.69 Å². The summed E-state index contributed by atoms with van der Waals surface area (Å²) in [6.45, 7) is 3.99. The van der Waals surface area contributed by atoms with Gasteiger partial charge in [-0.25, -0.2) is 0 Å². The summed E-state index contributed by atoms with van der Waals surface area (Å²) in [6.07, 6.45) is 8.10. The predicted molar refractivity (Wildman–Crippen MR) is 77.3 cm³/mol. The monoisotopic (exact) mass is 261 g/mol. The number of carbonyl (C=O) groups is 1. The van der Waals surface area contributed by atoms with E-state index in [4.69, 9.17) is 0 Å². The second kappa shape index (κ2) is 6.55. The van der Waals surface area contributed by atoms with Gasteiger partial charge in [-0.15, -0.1) is 0 Å². The number of hydrogen-bond donors (Lipinski definition) is 1. The van der Waals surface area contributed by atoms with Gasteiger partial charge in [0, 0.05) is 26.3 Å². The first-order chi connectivity index (χ1) is 9.26. The number of aromatic nitrogens is 1. The molecule has 0 spiro atoms. The Hall–Kier alpha value is -1.58. The van der Waals surface area contributed by atoms with Crippen LogP contribution in [0.1, 0.15) is 43.0 Å². The summed E-state index contributed by atoms with van der Waals surface area (Å²) >= 11 is 0. The summed E-state index contributed by atoms with van der Waals surface area (Å²) in [5, 5.41) is 3.04. The molecule has 1 aromatic heterocycles. The van der Waals surface area contributed by atoms with Gasteiger partial charge in [0.15, 0.2) is 0 Å². The second-order valence-electron chi connectivity index (χ2n) is 5.17. The van der Waals surface area contributed by atoms with Crippen LogP contribution in [0.5, 0.6) is 0 Å². The SMILES string of the molecule is CCC1CCCN(C(=O)c2ccncc2NC)CC1. The highest BCUT2D eigenvalue weighted by atomic mass is 16.2. The smallest absolute Gasteiger partial charge is 0.256 e. The van der Waals surface area contributed by atoms with Gasteiger partial charge in [0.2, 0.25) is 0 Å². The first kappa shape index (κ1) is 13.8. The van der Waals surface area contributed by atoms with Crippen LogP contribution in [0.25, 0.3) is 0 Å². The number of anilines is 1. The molecule has 1 aliphatic heterocycles. The highest BCUT2D eigenvalue weighted by molar-refractivity contribution is 5.99. The van der Waals surface area contributed by atoms with E-state index in [1.165, 1.54) is 12.8 Å². The van der Waals surface area contributed by atoms with Gasteiger partial charge in [0.25, 0.3) is 5.91 Å². The zero-order valence-corrected chi connectivity index (χ0v) is 11.9. The van der Waals surface area contributed by atoms with E-state index in [1.807, 2.05) is 11.9 Å². The zero-order chi connectivity index (χ0) is 13.7. The summed E-state index contributed by atoms with van der Waals surface area (Å²) in [6, 6.07) is 1.80. The van der Waals surface area contributed by atoms with E-state index in [-0.39, 0.29) is 5.91 Å². The van der Waals surface area contributed by atoms with E-state index in [2.05, 4.69) is 17.2 Å². The summed E-state index contributed by atoms with van der Waals surface area (Å²) in [4.78, 5) is 18.6. The molecule has 0 aromatic carbocycles. The van der Waals surface area contributed by atoms with Crippen LogP contribution in [0.2, 0.25) is 0 Å². The molecule has 2 heterocycles. The Morgan fingerprint density at radius 1 is 1.47 bits per heavy atom. The van der Waals surface area contributed by atoms with Crippen molar-refractivity contribution in [3.05, 3.63) is 24.0 Å². The predicted octanol–water partition coefficient (Wildman–Crippen LogP) is 2.78. The summed E-state index contributed by atoms with van der Waals surface area (Å²) in [5.74, 6) is 0.905. The van der Waals surface area contributed by atoms with E-state index >= 15 is 0 Å². The Morgan fingerprint density at radius 2 is 2.32 bits per heavy atom. The summed E-state index contributed by atoms with van der Waals surface area (Å²) in [7, 11) is 1.82. The maximum absolute atomic E-state index is 12.6. The molecule has 0 saturated carbocycles. The topological polar surface area (TPSA) is 45.2 Å². The number of carbonyl (C=O) groups excluding carboxylic acids is 1. The minimum atomic E-state index is 0.128. The van der Waals surface area contributed by atoms with E-state index in [9.17, 15) is 4.79 Å².